The van der Waals surface area contributed by atoms with E-state index in [0.717, 1.165) is 13.0 Å². The van der Waals surface area contributed by atoms with E-state index in [-0.39, 0.29) is 17.5 Å². The molecule has 26 heavy (non-hydrogen) atoms. The highest BCUT2D eigenvalue weighted by Gasteiger charge is 2.75. The van der Waals surface area contributed by atoms with Crippen molar-refractivity contribution < 1.29 is 9.53 Å². The average Bonchev–Trinajstić information content (AvgIpc) is 3.04. The number of likely N-dealkylation sites (N-methyl/N-ethyl adjacent to an activating group) is 1. The zero-order chi connectivity index (χ0) is 17.8. The lowest BCUT2D eigenvalue weighted by Gasteiger charge is -2.58. The van der Waals surface area contributed by atoms with Gasteiger partial charge >= 0.3 is 5.97 Å². The predicted octanol–water partition coefficient (Wildman–Crippen LogP) is 2.73. The second-order valence-electron chi connectivity index (χ2n) is 8.94. The summed E-state index contributed by atoms with van der Waals surface area (Å²) >= 11 is 0. The largest absolute Gasteiger partial charge is 0.461 e. The van der Waals surface area contributed by atoms with Crippen LogP contribution in [-0.2, 0) is 14.9 Å². The lowest BCUT2D eigenvalue weighted by molar-refractivity contribution is -0.152. The maximum atomic E-state index is 12.1. The summed E-state index contributed by atoms with van der Waals surface area (Å²) in [5.41, 5.74) is 4.28. The highest BCUT2D eigenvalue weighted by molar-refractivity contribution is 5.70. The molecule has 4 heteroatoms. The Balaban J connectivity index is 1.61. The predicted molar refractivity (Wildman–Crippen MR) is 100 cm³/mol. The van der Waals surface area contributed by atoms with Crippen molar-refractivity contribution in [1.82, 2.24) is 4.90 Å². The third kappa shape index (κ3) is 1.47. The first-order chi connectivity index (χ1) is 12.6. The molecule has 4 saturated heterocycles. The first-order valence-corrected chi connectivity index (χ1v) is 9.98. The van der Waals surface area contributed by atoms with Crippen molar-refractivity contribution in [3.05, 3.63) is 41.5 Å². The molecule has 5 heterocycles. The summed E-state index contributed by atoms with van der Waals surface area (Å²) in [6.45, 7) is 4.86. The van der Waals surface area contributed by atoms with Crippen LogP contribution in [0.15, 0.2) is 35.9 Å². The van der Waals surface area contributed by atoms with Crippen molar-refractivity contribution in [1.29, 1.82) is 0 Å². The molecular weight excluding hydrogens is 324 g/mol. The number of para-hydroxylation sites is 1. The van der Waals surface area contributed by atoms with Crippen molar-refractivity contribution in [2.45, 2.75) is 56.3 Å². The van der Waals surface area contributed by atoms with E-state index in [1.165, 1.54) is 17.7 Å². The SMILES string of the molecule is C/C=C1/CN2[C@H]3C[C@@]45c6ccccc6N(C)[C@H]4[C@@H]2C[C@@H]1C3C5OC(C)=O. The van der Waals surface area contributed by atoms with Crippen LogP contribution in [-0.4, -0.2) is 48.7 Å². The van der Waals surface area contributed by atoms with E-state index < -0.39 is 0 Å². The highest BCUT2D eigenvalue weighted by atomic mass is 16.5. The molecule has 3 unspecified atom stereocenters. The minimum absolute atomic E-state index is 0.00338. The van der Waals surface area contributed by atoms with Crippen LogP contribution in [0.2, 0.25) is 0 Å². The highest BCUT2D eigenvalue weighted by Crippen LogP contribution is 2.68. The lowest BCUT2D eigenvalue weighted by Crippen LogP contribution is -2.68. The number of carbonyl (C=O) groups excluding carboxylic acids is 1. The molecule has 1 aliphatic carbocycles. The number of fused-ring (bicyclic) bond motifs is 2. The number of nitrogens with zero attached hydrogens (tertiary/aromatic N) is 2. The third-order valence-electron chi connectivity index (χ3n) is 8.26. The Hall–Kier alpha value is -1.81. The number of benzene rings is 1. The number of anilines is 1. The number of ether oxygens (including phenoxy) is 1. The van der Waals surface area contributed by atoms with Gasteiger partial charge in [-0.1, -0.05) is 29.8 Å². The molecule has 4 nitrogen and oxygen atoms in total. The van der Waals surface area contributed by atoms with Crippen LogP contribution in [0.5, 0.6) is 0 Å². The van der Waals surface area contributed by atoms with Crippen LogP contribution < -0.4 is 4.90 Å². The summed E-state index contributed by atoms with van der Waals surface area (Å²) in [6, 6.07) is 10.4. The molecule has 5 fully saturated rings. The van der Waals surface area contributed by atoms with Gasteiger partial charge in [-0.3, -0.25) is 9.69 Å². The molecular formula is C22H26N2O2. The molecule has 1 aromatic carbocycles. The van der Waals surface area contributed by atoms with E-state index in [9.17, 15) is 4.79 Å². The Kier molecular flexibility index (Phi) is 2.77. The van der Waals surface area contributed by atoms with Gasteiger partial charge < -0.3 is 9.64 Å². The van der Waals surface area contributed by atoms with Crippen LogP contribution in [0.25, 0.3) is 0 Å². The van der Waals surface area contributed by atoms with Gasteiger partial charge in [0.2, 0.25) is 0 Å². The monoisotopic (exact) mass is 350 g/mol. The van der Waals surface area contributed by atoms with E-state index in [2.05, 4.69) is 54.1 Å². The molecule has 1 aromatic rings. The first-order valence-electron chi connectivity index (χ1n) is 9.98. The Morgan fingerprint density at radius 1 is 1.31 bits per heavy atom. The Labute approximate surface area is 154 Å². The maximum Gasteiger partial charge on any atom is 0.302 e. The van der Waals surface area contributed by atoms with Gasteiger partial charge in [0.1, 0.15) is 6.10 Å². The van der Waals surface area contributed by atoms with Crippen LogP contribution in [0, 0.1) is 11.8 Å². The van der Waals surface area contributed by atoms with Crippen molar-refractivity contribution in [2.24, 2.45) is 11.8 Å². The molecule has 0 radical (unpaired) electrons. The van der Waals surface area contributed by atoms with Gasteiger partial charge in [-0.2, -0.15) is 0 Å². The van der Waals surface area contributed by atoms with Gasteiger partial charge in [0.25, 0.3) is 0 Å². The molecule has 0 N–H and O–H groups in total. The minimum Gasteiger partial charge on any atom is -0.461 e. The number of allylic oxidation sites excluding steroid dienone is 1. The van der Waals surface area contributed by atoms with Gasteiger partial charge in [-0.15, -0.1) is 0 Å². The summed E-state index contributed by atoms with van der Waals surface area (Å²) < 4.78 is 6.19. The van der Waals surface area contributed by atoms with Crippen molar-refractivity contribution in [3.8, 4) is 0 Å². The van der Waals surface area contributed by atoms with Gasteiger partial charge in [-0.05, 0) is 37.3 Å². The smallest absolute Gasteiger partial charge is 0.302 e. The average molecular weight is 350 g/mol. The second-order valence-corrected chi connectivity index (χ2v) is 8.94. The van der Waals surface area contributed by atoms with E-state index >= 15 is 0 Å². The van der Waals surface area contributed by atoms with E-state index in [1.54, 1.807) is 12.5 Å². The quantitative estimate of drug-likeness (QED) is 0.576. The maximum absolute atomic E-state index is 12.1. The summed E-state index contributed by atoms with van der Waals surface area (Å²) in [4.78, 5) is 17.4. The first kappa shape index (κ1) is 15.3. The molecule has 1 spiro atoms. The standard InChI is InChI=1S/C22H26N2O2/c1-4-13-11-24-17-9-14(13)19-18(24)10-22(21(19)26-12(2)25)15-7-5-6-8-16(15)23(3)20(17)22/h4-8,14,17-21H,9-11H2,1-3H3/b13-4-/t14-,17-,18-,19?,20-,21?,22+/m0/s1. The van der Waals surface area contributed by atoms with Gasteiger partial charge in [0.05, 0.1) is 11.5 Å². The number of piperidine rings is 4. The zero-order valence-corrected chi connectivity index (χ0v) is 15.7. The molecule has 6 aliphatic rings. The molecule has 8 atom stereocenters. The summed E-state index contributed by atoms with van der Waals surface area (Å²) in [6.07, 6.45) is 4.66. The Bertz CT molecular complexity index is 848. The third-order valence-corrected chi connectivity index (χ3v) is 8.26. The van der Waals surface area contributed by atoms with Crippen molar-refractivity contribution in [3.63, 3.8) is 0 Å². The summed E-state index contributed by atoms with van der Waals surface area (Å²) in [5, 5.41) is 0. The van der Waals surface area contributed by atoms with Crippen molar-refractivity contribution in [2.75, 3.05) is 18.5 Å². The van der Waals surface area contributed by atoms with Crippen LogP contribution >= 0.6 is 0 Å². The Morgan fingerprint density at radius 3 is 2.88 bits per heavy atom. The fourth-order valence-electron chi connectivity index (χ4n) is 7.68. The second kappa shape index (κ2) is 4.72. The fourth-order valence-corrected chi connectivity index (χ4v) is 7.68. The van der Waals surface area contributed by atoms with E-state index in [4.69, 9.17) is 4.74 Å². The van der Waals surface area contributed by atoms with Crippen LogP contribution in [0.4, 0.5) is 5.69 Å². The topological polar surface area (TPSA) is 32.8 Å². The molecule has 5 bridgehead atoms. The molecule has 7 rings (SSSR count). The van der Waals surface area contributed by atoms with Gasteiger partial charge in [0, 0.05) is 44.2 Å². The number of hydrogen-bond donors (Lipinski definition) is 0. The van der Waals surface area contributed by atoms with Crippen LogP contribution in [0.3, 0.4) is 0 Å². The van der Waals surface area contributed by atoms with E-state index in [1.807, 2.05) is 0 Å². The zero-order valence-electron chi connectivity index (χ0n) is 15.7. The summed E-state index contributed by atoms with van der Waals surface area (Å²) in [7, 11) is 2.25. The van der Waals surface area contributed by atoms with Gasteiger partial charge in [-0.25, -0.2) is 0 Å². The minimum atomic E-state index is -0.126. The number of esters is 1. The number of rotatable bonds is 1. The van der Waals surface area contributed by atoms with Gasteiger partial charge in [0.15, 0.2) is 0 Å². The summed E-state index contributed by atoms with van der Waals surface area (Å²) in [5.74, 6) is 0.897. The molecule has 0 aromatic heterocycles. The van der Waals surface area contributed by atoms with E-state index in [0.29, 0.717) is 30.0 Å². The number of hydrogen-bond acceptors (Lipinski definition) is 4. The lowest BCUT2D eigenvalue weighted by atomic mass is 9.65. The molecule has 5 aliphatic heterocycles. The Morgan fingerprint density at radius 2 is 2.12 bits per heavy atom. The van der Waals surface area contributed by atoms with Crippen LogP contribution in [0.1, 0.15) is 32.3 Å². The fraction of sp³-hybridized carbons (Fsp3) is 0.591. The molecule has 0 amide bonds. The molecule has 1 saturated carbocycles. The normalized spacial score (nSPS) is 48.0. The van der Waals surface area contributed by atoms with Crippen molar-refractivity contribution >= 4 is 11.7 Å². The number of carbonyl (C=O) groups is 1. The molecule has 136 valence electrons.